The van der Waals surface area contributed by atoms with E-state index in [9.17, 15) is 9.59 Å². The van der Waals surface area contributed by atoms with Crippen LogP contribution in [0.2, 0.25) is 0 Å². The van der Waals surface area contributed by atoms with Crippen LogP contribution < -0.4 is 0 Å². The predicted molar refractivity (Wildman–Crippen MR) is 136 cm³/mol. The van der Waals surface area contributed by atoms with Gasteiger partial charge in [0.25, 0.3) is 5.91 Å². The lowest BCUT2D eigenvalue weighted by Crippen LogP contribution is -2.57. The van der Waals surface area contributed by atoms with Crippen molar-refractivity contribution in [3.63, 3.8) is 0 Å². The van der Waals surface area contributed by atoms with Crippen molar-refractivity contribution in [2.24, 2.45) is 46.3 Å². The number of alkyl halides is 2. The van der Waals surface area contributed by atoms with Crippen molar-refractivity contribution in [1.82, 2.24) is 4.90 Å². The number of nitrogens with zero attached hydrogens (tertiary/aromatic N) is 1. The Labute approximate surface area is 211 Å². The van der Waals surface area contributed by atoms with E-state index in [2.05, 4.69) is 20.8 Å². The van der Waals surface area contributed by atoms with Gasteiger partial charge in [0.15, 0.2) is 4.33 Å². The van der Waals surface area contributed by atoms with Gasteiger partial charge < -0.3 is 4.90 Å². The Morgan fingerprint density at radius 1 is 1.06 bits per heavy atom. The Morgan fingerprint density at radius 2 is 1.76 bits per heavy atom. The molecular weight excluding hydrogens is 453 g/mol. The quantitative estimate of drug-likeness (QED) is 0.361. The van der Waals surface area contributed by atoms with Gasteiger partial charge >= 0.3 is 0 Å². The van der Waals surface area contributed by atoms with Gasteiger partial charge in [-0.3, -0.25) is 9.59 Å². The summed E-state index contributed by atoms with van der Waals surface area (Å²) in [5.74, 6) is 3.14. The summed E-state index contributed by atoms with van der Waals surface area (Å²) < 4.78 is -1.39. The number of rotatable bonds is 6. The van der Waals surface area contributed by atoms with Crippen molar-refractivity contribution in [1.29, 1.82) is 0 Å². The average Bonchev–Trinajstić information content (AvgIpc) is 3.10. The van der Waals surface area contributed by atoms with Crippen molar-refractivity contribution in [2.75, 3.05) is 13.1 Å². The fourth-order valence-electron chi connectivity index (χ4n) is 9.46. The first-order valence-corrected chi connectivity index (χ1v) is 14.4. The number of ketones is 1. The fourth-order valence-corrected chi connectivity index (χ4v) is 10.2. The van der Waals surface area contributed by atoms with E-state index in [1.807, 2.05) is 13.8 Å². The molecule has 4 rings (SSSR count). The Morgan fingerprint density at radius 3 is 2.42 bits per heavy atom. The highest BCUT2D eigenvalue weighted by molar-refractivity contribution is 6.58. The normalized spacial score (nSPS) is 41.7. The minimum Gasteiger partial charge on any atom is -0.341 e. The number of carbonyl (C=O) groups excluding carboxylic acids is 2. The van der Waals surface area contributed by atoms with E-state index in [1.54, 1.807) is 4.90 Å². The SMILES string of the molecule is CCN(CC)C(=O)C(Cl)(Cl)C[C@@H](C)[C@H]1CC[C@H]2[C@@H]3CC[C@@H]4CCCC[C@]4(C)[C@H]3C(=O)C[C@]12C. The standard InChI is InChI=1S/C28H45Cl2NO2/c1-6-31(7-2)25(33)28(29,30)16-18(3)21-13-14-22-20-12-11-19-10-8-9-15-26(19,4)24(20)23(32)17-27(21,22)5/h18-22,24H,6-17H2,1-5H3/t18-,19+,20+,21-,22+,24-,26+,27-/m1/s1. The first-order chi connectivity index (χ1) is 15.5. The monoisotopic (exact) mass is 497 g/mol. The van der Waals surface area contributed by atoms with Crippen molar-refractivity contribution in [3.05, 3.63) is 0 Å². The number of halogens is 2. The van der Waals surface area contributed by atoms with Gasteiger partial charge in [-0.1, -0.05) is 56.8 Å². The van der Waals surface area contributed by atoms with E-state index in [4.69, 9.17) is 23.2 Å². The topological polar surface area (TPSA) is 37.4 Å². The largest absolute Gasteiger partial charge is 0.341 e. The van der Waals surface area contributed by atoms with Gasteiger partial charge in [-0.2, -0.15) is 0 Å². The first-order valence-electron chi connectivity index (χ1n) is 13.7. The van der Waals surface area contributed by atoms with Gasteiger partial charge in [0, 0.05) is 25.4 Å². The minimum atomic E-state index is -1.39. The van der Waals surface area contributed by atoms with E-state index in [0.717, 1.165) is 12.3 Å². The van der Waals surface area contributed by atoms with Crippen LogP contribution in [0.5, 0.6) is 0 Å². The summed E-state index contributed by atoms with van der Waals surface area (Å²) in [6, 6.07) is 0. The molecule has 0 aromatic heterocycles. The average molecular weight is 499 g/mol. The lowest BCUT2D eigenvalue weighted by molar-refractivity contribution is -0.158. The second-order valence-electron chi connectivity index (χ2n) is 12.5. The Bertz CT molecular complexity index is 765. The molecule has 3 nitrogen and oxygen atoms in total. The Kier molecular flexibility index (Phi) is 7.28. The van der Waals surface area contributed by atoms with Crippen LogP contribution in [0.3, 0.4) is 0 Å². The van der Waals surface area contributed by atoms with Crippen molar-refractivity contribution >= 4 is 34.9 Å². The maximum absolute atomic E-state index is 13.9. The molecule has 0 N–H and O–H groups in total. The van der Waals surface area contributed by atoms with Crippen LogP contribution in [0.15, 0.2) is 0 Å². The van der Waals surface area contributed by atoms with Gasteiger partial charge in [-0.25, -0.2) is 0 Å². The number of fused-ring (bicyclic) bond motifs is 5. The first kappa shape index (κ1) is 25.8. The third-order valence-electron chi connectivity index (χ3n) is 11.0. The van der Waals surface area contributed by atoms with Gasteiger partial charge in [0.1, 0.15) is 5.78 Å². The summed E-state index contributed by atoms with van der Waals surface area (Å²) in [5.41, 5.74) is 0.235. The predicted octanol–water partition coefficient (Wildman–Crippen LogP) is 7.28. The van der Waals surface area contributed by atoms with E-state index in [-0.39, 0.29) is 28.6 Å². The van der Waals surface area contributed by atoms with Crippen LogP contribution in [-0.4, -0.2) is 34.0 Å². The second kappa shape index (κ2) is 9.30. The van der Waals surface area contributed by atoms with Crippen molar-refractivity contribution in [3.8, 4) is 0 Å². The smallest absolute Gasteiger partial charge is 0.258 e. The van der Waals surface area contributed by atoms with Gasteiger partial charge in [-0.15, -0.1) is 0 Å². The summed E-state index contributed by atoms with van der Waals surface area (Å²) in [4.78, 5) is 28.5. The molecule has 0 aromatic rings. The Hall–Kier alpha value is -0.280. The Balaban J connectivity index is 1.53. The minimum absolute atomic E-state index is 0.0115. The lowest BCUT2D eigenvalue weighted by atomic mass is 9.44. The zero-order valence-corrected chi connectivity index (χ0v) is 23.0. The molecule has 0 bridgehead atoms. The van der Waals surface area contributed by atoms with E-state index in [1.165, 1.54) is 44.9 Å². The number of hydrogen-bond donors (Lipinski definition) is 0. The molecule has 0 unspecified atom stereocenters. The molecule has 0 saturated heterocycles. The molecule has 0 aromatic carbocycles. The molecule has 33 heavy (non-hydrogen) atoms. The van der Waals surface area contributed by atoms with Crippen molar-refractivity contribution < 1.29 is 9.59 Å². The molecule has 0 aliphatic heterocycles. The highest BCUT2D eigenvalue weighted by atomic mass is 35.5. The highest BCUT2D eigenvalue weighted by Gasteiger charge is 2.63. The number of Topliss-reactive ketones (excluding diaryl/α,β-unsaturated/α-hetero) is 1. The lowest BCUT2D eigenvalue weighted by Gasteiger charge is -2.59. The fraction of sp³-hybridized carbons (Fsp3) is 0.929. The van der Waals surface area contributed by atoms with Gasteiger partial charge in [0.2, 0.25) is 0 Å². The molecule has 4 aliphatic carbocycles. The van der Waals surface area contributed by atoms with E-state index in [0.29, 0.717) is 49.5 Å². The molecule has 0 radical (unpaired) electrons. The molecule has 5 heteroatoms. The van der Waals surface area contributed by atoms with Crippen LogP contribution >= 0.6 is 23.2 Å². The highest BCUT2D eigenvalue weighted by Crippen LogP contribution is 2.67. The molecule has 0 heterocycles. The maximum Gasteiger partial charge on any atom is 0.258 e. The van der Waals surface area contributed by atoms with Crippen molar-refractivity contribution in [2.45, 2.75) is 103 Å². The molecule has 4 fully saturated rings. The second-order valence-corrected chi connectivity index (χ2v) is 14.0. The summed E-state index contributed by atoms with van der Waals surface area (Å²) in [6.07, 6.45) is 11.2. The third kappa shape index (κ3) is 4.20. The van der Waals surface area contributed by atoms with Crippen LogP contribution in [0.1, 0.15) is 98.8 Å². The molecule has 4 aliphatic rings. The van der Waals surface area contributed by atoms with Crippen LogP contribution in [-0.2, 0) is 9.59 Å². The molecule has 188 valence electrons. The third-order valence-corrected chi connectivity index (χ3v) is 11.6. The molecule has 0 spiro atoms. The summed E-state index contributed by atoms with van der Waals surface area (Å²) in [6.45, 7) is 12.2. The molecule has 4 saturated carbocycles. The van der Waals surface area contributed by atoms with Crippen LogP contribution in [0.4, 0.5) is 0 Å². The van der Waals surface area contributed by atoms with Gasteiger partial charge in [-0.05, 0) is 99.2 Å². The summed E-state index contributed by atoms with van der Waals surface area (Å²) in [5, 5.41) is 0. The maximum atomic E-state index is 13.9. The number of carbonyl (C=O) groups is 2. The van der Waals surface area contributed by atoms with Crippen LogP contribution in [0, 0.1) is 46.3 Å². The summed E-state index contributed by atoms with van der Waals surface area (Å²) >= 11 is 13.3. The molecule has 8 atom stereocenters. The summed E-state index contributed by atoms with van der Waals surface area (Å²) in [7, 11) is 0. The zero-order valence-electron chi connectivity index (χ0n) is 21.5. The van der Waals surface area contributed by atoms with Crippen LogP contribution in [0.25, 0.3) is 0 Å². The van der Waals surface area contributed by atoms with E-state index >= 15 is 0 Å². The number of amides is 1. The zero-order chi connectivity index (χ0) is 24.2. The molecular formula is C28H45Cl2NO2. The molecule has 1 amide bonds. The number of hydrogen-bond acceptors (Lipinski definition) is 2. The van der Waals surface area contributed by atoms with Gasteiger partial charge in [0.05, 0.1) is 0 Å². The van der Waals surface area contributed by atoms with E-state index < -0.39 is 4.33 Å².